The molecule has 4 heterocycles. The van der Waals surface area contributed by atoms with Gasteiger partial charge >= 0.3 is 6.18 Å². The molecule has 0 unspecified atom stereocenters. The van der Waals surface area contributed by atoms with Gasteiger partial charge in [0.25, 0.3) is 5.91 Å². The van der Waals surface area contributed by atoms with Crippen molar-refractivity contribution in [2.45, 2.75) is 19.5 Å². The Morgan fingerprint density at radius 2 is 1.88 bits per heavy atom. The Hall–Kier alpha value is -3.07. The van der Waals surface area contributed by atoms with E-state index < -0.39 is 17.8 Å². The molecule has 1 fully saturated rings. The number of rotatable bonds is 2. The smallest absolute Gasteiger partial charge is 0.372 e. The van der Waals surface area contributed by atoms with E-state index in [9.17, 15) is 18.0 Å². The molecule has 166 valence electrons. The molecular weight excluding hydrogens is 443 g/mol. The van der Waals surface area contributed by atoms with E-state index in [1.54, 1.807) is 29.2 Å². The van der Waals surface area contributed by atoms with Crippen LogP contribution in [0.3, 0.4) is 0 Å². The normalized spacial score (nSPS) is 16.5. The fraction of sp³-hybridized carbons (Fsp3) is 0.318. The maximum atomic E-state index is 13.9. The van der Waals surface area contributed by atoms with Gasteiger partial charge in [-0.1, -0.05) is 47.5 Å². The molecule has 1 aromatic carbocycles. The van der Waals surface area contributed by atoms with E-state index >= 15 is 0 Å². The molecule has 3 aromatic rings. The van der Waals surface area contributed by atoms with Gasteiger partial charge in [0.15, 0.2) is 17.0 Å². The first kappa shape index (κ1) is 20.8. The van der Waals surface area contributed by atoms with Crippen molar-refractivity contribution in [2.24, 2.45) is 0 Å². The second-order valence-electron chi connectivity index (χ2n) is 7.99. The highest BCUT2D eigenvalue weighted by Crippen LogP contribution is 2.35. The van der Waals surface area contributed by atoms with E-state index in [1.165, 1.54) is 0 Å². The fourth-order valence-electron chi connectivity index (χ4n) is 4.12. The summed E-state index contributed by atoms with van der Waals surface area (Å²) in [7, 11) is 0. The number of carbonyl (C=O) groups is 1. The standard InChI is InChI=1S/C22H19ClF3N5O/c1-13-4-6-14(7-5-13)16-11-17(22(24,25)26)31-20(27-16)18(23)19(28-31)21(32)30-10-9-29-8-2-3-15(29)12-30/h3-7,11H,2,8-10,12H2,1H3. The second-order valence-corrected chi connectivity index (χ2v) is 8.36. The van der Waals surface area contributed by atoms with Crippen molar-refractivity contribution in [1.82, 2.24) is 24.4 Å². The Morgan fingerprint density at radius 3 is 2.59 bits per heavy atom. The third-order valence-electron chi connectivity index (χ3n) is 5.84. The molecule has 2 aliphatic heterocycles. The molecule has 6 nitrogen and oxygen atoms in total. The van der Waals surface area contributed by atoms with Crippen molar-refractivity contribution >= 4 is 23.2 Å². The van der Waals surface area contributed by atoms with Crippen LogP contribution in [0, 0.1) is 6.92 Å². The number of carbonyl (C=O) groups excluding carboxylic acids is 1. The van der Waals surface area contributed by atoms with Crippen LogP contribution in [0.2, 0.25) is 5.02 Å². The van der Waals surface area contributed by atoms with Crippen molar-refractivity contribution in [3.8, 4) is 11.3 Å². The highest BCUT2D eigenvalue weighted by atomic mass is 35.5. The molecule has 32 heavy (non-hydrogen) atoms. The lowest BCUT2D eigenvalue weighted by Gasteiger charge is -2.35. The summed E-state index contributed by atoms with van der Waals surface area (Å²) in [6.07, 6.45) is -1.72. The topological polar surface area (TPSA) is 53.7 Å². The van der Waals surface area contributed by atoms with Crippen LogP contribution in [0.15, 0.2) is 42.1 Å². The number of hydrogen-bond acceptors (Lipinski definition) is 4. The number of aromatic nitrogens is 3. The van der Waals surface area contributed by atoms with Crippen molar-refractivity contribution < 1.29 is 18.0 Å². The Kier molecular flexibility index (Phi) is 4.88. The molecule has 2 aromatic heterocycles. The summed E-state index contributed by atoms with van der Waals surface area (Å²) >= 11 is 6.40. The molecule has 0 spiro atoms. The van der Waals surface area contributed by atoms with E-state index in [4.69, 9.17) is 11.6 Å². The maximum Gasteiger partial charge on any atom is 0.433 e. The third kappa shape index (κ3) is 3.50. The second kappa shape index (κ2) is 7.51. The first-order valence-corrected chi connectivity index (χ1v) is 10.6. The molecule has 0 radical (unpaired) electrons. The Balaban J connectivity index is 1.60. The molecule has 0 atom stereocenters. The van der Waals surface area contributed by atoms with Gasteiger partial charge in [0.1, 0.15) is 5.02 Å². The Bertz CT molecular complexity index is 1250. The Labute approximate surface area is 186 Å². The summed E-state index contributed by atoms with van der Waals surface area (Å²) in [6.45, 7) is 4.32. The minimum Gasteiger partial charge on any atom is -0.372 e. The van der Waals surface area contributed by atoms with Crippen molar-refractivity contribution in [1.29, 1.82) is 0 Å². The first-order chi connectivity index (χ1) is 15.2. The molecule has 0 bridgehead atoms. The average Bonchev–Trinajstić information content (AvgIpc) is 3.36. The van der Waals surface area contributed by atoms with E-state index in [0.29, 0.717) is 29.7 Å². The molecule has 2 aliphatic rings. The summed E-state index contributed by atoms with van der Waals surface area (Å²) in [6, 6.07) is 7.90. The molecular formula is C22H19ClF3N5O. The van der Waals surface area contributed by atoms with Crippen LogP contribution < -0.4 is 0 Å². The van der Waals surface area contributed by atoms with E-state index in [2.05, 4.69) is 21.1 Å². The van der Waals surface area contributed by atoms with Crippen LogP contribution in [0.1, 0.15) is 28.2 Å². The van der Waals surface area contributed by atoms with Crippen molar-refractivity contribution in [2.75, 3.05) is 26.2 Å². The monoisotopic (exact) mass is 461 g/mol. The van der Waals surface area contributed by atoms with Crippen LogP contribution in [-0.4, -0.2) is 56.5 Å². The number of nitrogens with zero attached hydrogens (tertiary/aromatic N) is 5. The highest BCUT2D eigenvalue weighted by Gasteiger charge is 2.37. The van der Waals surface area contributed by atoms with E-state index in [1.807, 2.05) is 6.92 Å². The van der Waals surface area contributed by atoms with E-state index in [-0.39, 0.29) is 22.1 Å². The molecule has 0 aliphatic carbocycles. The summed E-state index contributed by atoms with van der Waals surface area (Å²) < 4.78 is 42.3. The number of amides is 1. The number of piperazine rings is 1. The average molecular weight is 462 g/mol. The lowest BCUT2D eigenvalue weighted by atomic mass is 10.1. The van der Waals surface area contributed by atoms with Gasteiger partial charge in [-0.05, 0) is 19.4 Å². The van der Waals surface area contributed by atoms with Gasteiger partial charge in [-0.3, -0.25) is 4.79 Å². The van der Waals surface area contributed by atoms with Gasteiger partial charge in [-0.25, -0.2) is 9.50 Å². The summed E-state index contributed by atoms with van der Waals surface area (Å²) in [5.41, 5.74) is 1.17. The minimum absolute atomic E-state index is 0.107. The van der Waals surface area contributed by atoms with Gasteiger partial charge < -0.3 is 9.80 Å². The zero-order valence-corrected chi connectivity index (χ0v) is 17.9. The predicted octanol–water partition coefficient (Wildman–Crippen LogP) is 4.42. The van der Waals surface area contributed by atoms with Gasteiger partial charge in [0.05, 0.1) is 12.2 Å². The lowest BCUT2D eigenvalue weighted by molar-refractivity contribution is -0.142. The zero-order chi connectivity index (χ0) is 22.6. The van der Waals surface area contributed by atoms with Gasteiger partial charge in [-0.15, -0.1) is 0 Å². The molecule has 1 amide bonds. The minimum atomic E-state index is -4.71. The Morgan fingerprint density at radius 1 is 1.12 bits per heavy atom. The van der Waals surface area contributed by atoms with Crippen LogP contribution in [-0.2, 0) is 6.18 Å². The molecule has 1 saturated heterocycles. The number of halogens is 4. The number of aryl methyl sites for hydroxylation is 1. The first-order valence-electron chi connectivity index (χ1n) is 10.2. The third-order valence-corrected chi connectivity index (χ3v) is 6.19. The van der Waals surface area contributed by atoms with Crippen LogP contribution in [0.4, 0.5) is 13.2 Å². The summed E-state index contributed by atoms with van der Waals surface area (Å²) in [5.74, 6) is -0.502. The molecule has 5 rings (SSSR count). The molecule has 0 N–H and O–H groups in total. The number of fused-ring (bicyclic) bond motifs is 2. The number of benzene rings is 1. The maximum absolute atomic E-state index is 13.9. The number of alkyl halides is 3. The van der Waals surface area contributed by atoms with Crippen LogP contribution in [0.5, 0.6) is 0 Å². The van der Waals surface area contributed by atoms with Crippen LogP contribution >= 0.6 is 11.6 Å². The SMILES string of the molecule is Cc1ccc(-c2cc(C(F)(F)F)n3nc(C(=O)N4CCN5CCC=C5C4)c(Cl)c3n2)cc1. The van der Waals surface area contributed by atoms with Gasteiger partial charge in [0, 0.05) is 30.9 Å². The summed E-state index contributed by atoms with van der Waals surface area (Å²) in [4.78, 5) is 21.2. The van der Waals surface area contributed by atoms with Gasteiger partial charge in [0.2, 0.25) is 0 Å². The number of hydrogen-bond donors (Lipinski definition) is 0. The lowest BCUT2D eigenvalue weighted by Crippen LogP contribution is -2.46. The van der Waals surface area contributed by atoms with Crippen molar-refractivity contribution in [3.63, 3.8) is 0 Å². The summed E-state index contributed by atoms with van der Waals surface area (Å²) in [5, 5.41) is 3.78. The van der Waals surface area contributed by atoms with Crippen LogP contribution in [0.25, 0.3) is 16.9 Å². The van der Waals surface area contributed by atoms with Gasteiger partial charge in [-0.2, -0.15) is 18.3 Å². The molecule has 0 saturated carbocycles. The zero-order valence-electron chi connectivity index (χ0n) is 17.2. The van der Waals surface area contributed by atoms with E-state index in [0.717, 1.165) is 30.3 Å². The predicted molar refractivity (Wildman–Crippen MR) is 113 cm³/mol. The largest absolute Gasteiger partial charge is 0.433 e. The van der Waals surface area contributed by atoms with Crippen molar-refractivity contribution in [3.05, 3.63) is 64.1 Å². The fourth-order valence-corrected chi connectivity index (χ4v) is 4.36. The quantitative estimate of drug-likeness (QED) is 0.567. The highest BCUT2D eigenvalue weighted by molar-refractivity contribution is 6.36. The molecule has 10 heteroatoms.